The molecule has 4 nitrogen and oxygen atoms in total. The van der Waals surface area contributed by atoms with E-state index in [4.69, 9.17) is 16.3 Å². The molecular weight excluding hydrogens is 348 g/mol. The van der Waals surface area contributed by atoms with Crippen LogP contribution in [0.15, 0.2) is 47.5 Å². The van der Waals surface area contributed by atoms with Crippen LogP contribution in [0.25, 0.3) is 0 Å². The molecular formula is C21H25ClN2O2. The Morgan fingerprint density at radius 1 is 1.19 bits per heavy atom. The highest BCUT2D eigenvalue weighted by atomic mass is 35.5. The van der Waals surface area contributed by atoms with E-state index in [1.807, 2.05) is 37.3 Å². The SMILES string of the molecule is CCOc1cccc(C=NC[C@H](c2ccccc2Cl)N2CCCC2)c1O. The van der Waals surface area contributed by atoms with Crippen LogP contribution in [0, 0.1) is 0 Å². The lowest BCUT2D eigenvalue weighted by Gasteiger charge is -2.27. The Balaban J connectivity index is 1.79. The van der Waals surface area contributed by atoms with Gasteiger partial charge in [0, 0.05) is 16.8 Å². The molecule has 5 heteroatoms. The van der Waals surface area contributed by atoms with Crippen molar-refractivity contribution in [2.75, 3.05) is 26.2 Å². The van der Waals surface area contributed by atoms with Crippen LogP contribution in [-0.2, 0) is 0 Å². The number of benzene rings is 2. The molecule has 26 heavy (non-hydrogen) atoms. The van der Waals surface area contributed by atoms with Gasteiger partial charge in [-0.1, -0.05) is 35.9 Å². The van der Waals surface area contributed by atoms with E-state index in [2.05, 4.69) is 16.0 Å². The number of para-hydroxylation sites is 1. The molecule has 1 aliphatic rings. The fourth-order valence-electron chi connectivity index (χ4n) is 3.38. The molecule has 0 radical (unpaired) electrons. The lowest BCUT2D eigenvalue weighted by atomic mass is 10.1. The second kappa shape index (κ2) is 9.06. The number of nitrogens with zero attached hydrogens (tertiary/aromatic N) is 2. The smallest absolute Gasteiger partial charge is 0.166 e. The van der Waals surface area contributed by atoms with Gasteiger partial charge in [0.1, 0.15) is 0 Å². The van der Waals surface area contributed by atoms with E-state index in [0.717, 1.165) is 23.7 Å². The van der Waals surface area contributed by atoms with Crippen molar-refractivity contribution in [3.8, 4) is 11.5 Å². The van der Waals surface area contributed by atoms with E-state index < -0.39 is 0 Å². The number of ether oxygens (including phenoxy) is 1. The van der Waals surface area contributed by atoms with E-state index in [1.165, 1.54) is 12.8 Å². The fourth-order valence-corrected chi connectivity index (χ4v) is 3.64. The molecule has 0 aromatic heterocycles. The average molecular weight is 373 g/mol. The predicted molar refractivity (Wildman–Crippen MR) is 107 cm³/mol. The van der Waals surface area contributed by atoms with Crippen molar-refractivity contribution >= 4 is 17.8 Å². The van der Waals surface area contributed by atoms with Gasteiger partial charge in [-0.15, -0.1) is 0 Å². The predicted octanol–water partition coefficient (Wildman–Crippen LogP) is 4.70. The summed E-state index contributed by atoms with van der Waals surface area (Å²) in [4.78, 5) is 7.06. The third kappa shape index (κ3) is 4.37. The third-order valence-corrected chi connectivity index (χ3v) is 5.03. The number of phenolic OH excluding ortho intramolecular Hbond substituents is 1. The Labute approximate surface area is 160 Å². The number of rotatable bonds is 7. The summed E-state index contributed by atoms with van der Waals surface area (Å²) in [6.07, 6.45) is 4.14. The maximum Gasteiger partial charge on any atom is 0.166 e. The summed E-state index contributed by atoms with van der Waals surface area (Å²) in [6.45, 7) is 5.14. The summed E-state index contributed by atoms with van der Waals surface area (Å²) >= 11 is 6.44. The second-order valence-electron chi connectivity index (χ2n) is 6.40. The summed E-state index contributed by atoms with van der Waals surface area (Å²) in [6, 6.07) is 13.6. The first-order valence-electron chi connectivity index (χ1n) is 9.13. The topological polar surface area (TPSA) is 45.1 Å². The van der Waals surface area contributed by atoms with Gasteiger partial charge in [0.15, 0.2) is 11.5 Å². The molecule has 138 valence electrons. The van der Waals surface area contributed by atoms with Crippen molar-refractivity contribution in [2.45, 2.75) is 25.8 Å². The van der Waals surface area contributed by atoms with Gasteiger partial charge < -0.3 is 9.84 Å². The van der Waals surface area contributed by atoms with Crippen LogP contribution in [-0.4, -0.2) is 42.5 Å². The molecule has 2 aromatic carbocycles. The van der Waals surface area contributed by atoms with E-state index in [1.54, 1.807) is 12.3 Å². The van der Waals surface area contributed by atoms with Gasteiger partial charge in [-0.2, -0.15) is 0 Å². The van der Waals surface area contributed by atoms with Crippen LogP contribution < -0.4 is 4.74 Å². The van der Waals surface area contributed by atoms with Crippen LogP contribution in [0.2, 0.25) is 5.02 Å². The lowest BCUT2D eigenvalue weighted by Crippen LogP contribution is -2.28. The molecule has 0 spiro atoms. The Morgan fingerprint density at radius 3 is 2.69 bits per heavy atom. The van der Waals surface area contributed by atoms with Crippen LogP contribution in [0.5, 0.6) is 11.5 Å². The van der Waals surface area contributed by atoms with Crippen molar-refractivity contribution in [1.29, 1.82) is 0 Å². The number of hydrogen-bond acceptors (Lipinski definition) is 4. The number of halogens is 1. The minimum absolute atomic E-state index is 0.133. The molecule has 2 aromatic rings. The summed E-state index contributed by atoms with van der Waals surface area (Å²) in [5.74, 6) is 0.618. The van der Waals surface area contributed by atoms with Crippen LogP contribution in [0.3, 0.4) is 0 Å². The maximum absolute atomic E-state index is 10.3. The zero-order valence-corrected chi connectivity index (χ0v) is 15.8. The lowest BCUT2D eigenvalue weighted by molar-refractivity contribution is 0.252. The van der Waals surface area contributed by atoms with Gasteiger partial charge in [0.2, 0.25) is 0 Å². The molecule has 1 aliphatic heterocycles. The highest BCUT2D eigenvalue weighted by Gasteiger charge is 2.24. The number of aliphatic imine (C=N–C) groups is 1. The highest BCUT2D eigenvalue weighted by Crippen LogP contribution is 2.31. The normalized spacial score (nSPS) is 16.2. The standard InChI is InChI=1S/C21H25ClN2O2/c1-2-26-20-11-7-8-16(21(20)25)14-23-15-19(24-12-5-6-13-24)17-9-3-4-10-18(17)22/h3-4,7-11,14,19,25H,2,5-6,12-13,15H2,1H3/t19-/m1/s1. The molecule has 3 rings (SSSR count). The van der Waals surface area contributed by atoms with Crippen LogP contribution in [0.4, 0.5) is 0 Å². The molecule has 1 fully saturated rings. The second-order valence-corrected chi connectivity index (χ2v) is 6.81. The third-order valence-electron chi connectivity index (χ3n) is 4.68. The summed E-state index contributed by atoms with van der Waals surface area (Å²) in [7, 11) is 0. The molecule has 0 saturated carbocycles. The molecule has 1 heterocycles. The quantitative estimate of drug-likeness (QED) is 0.716. The largest absolute Gasteiger partial charge is 0.504 e. The minimum Gasteiger partial charge on any atom is -0.504 e. The van der Waals surface area contributed by atoms with Gasteiger partial charge in [-0.3, -0.25) is 9.89 Å². The molecule has 1 saturated heterocycles. The van der Waals surface area contributed by atoms with Crippen molar-refractivity contribution in [3.05, 3.63) is 58.6 Å². The van der Waals surface area contributed by atoms with E-state index in [-0.39, 0.29) is 11.8 Å². The van der Waals surface area contributed by atoms with Gasteiger partial charge in [-0.05, 0) is 56.6 Å². The van der Waals surface area contributed by atoms with Crippen molar-refractivity contribution < 1.29 is 9.84 Å². The monoisotopic (exact) mass is 372 g/mol. The summed E-state index contributed by atoms with van der Waals surface area (Å²) < 4.78 is 5.43. The molecule has 1 N–H and O–H groups in total. The van der Waals surface area contributed by atoms with Gasteiger partial charge in [-0.25, -0.2) is 0 Å². The van der Waals surface area contributed by atoms with Crippen molar-refractivity contribution in [2.24, 2.45) is 4.99 Å². The first-order valence-corrected chi connectivity index (χ1v) is 9.51. The van der Waals surface area contributed by atoms with Gasteiger partial charge in [0.05, 0.1) is 19.2 Å². The van der Waals surface area contributed by atoms with Gasteiger partial charge >= 0.3 is 0 Å². The molecule has 0 amide bonds. The fraction of sp³-hybridized carbons (Fsp3) is 0.381. The van der Waals surface area contributed by atoms with E-state index in [0.29, 0.717) is 24.5 Å². The number of hydrogen-bond donors (Lipinski definition) is 1. The van der Waals surface area contributed by atoms with Gasteiger partial charge in [0.25, 0.3) is 0 Å². The Morgan fingerprint density at radius 2 is 1.96 bits per heavy atom. The van der Waals surface area contributed by atoms with Crippen molar-refractivity contribution in [1.82, 2.24) is 4.90 Å². The Kier molecular flexibility index (Phi) is 6.53. The zero-order valence-electron chi connectivity index (χ0n) is 15.1. The van der Waals surface area contributed by atoms with Crippen molar-refractivity contribution in [3.63, 3.8) is 0 Å². The van der Waals surface area contributed by atoms with Crippen LogP contribution >= 0.6 is 11.6 Å². The van der Waals surface area contributed by atoms with E-state index in [9.17, 15) is 5.11 Å². The molecule has 0 bridgehead atoms. The minimum atomic E-state index is 0.133. The molecule has 0 unspecified atom stereocenters. The number of likely N-dealkylation sites (tertiary alicyclic amines) is 1. The summed E-state index contributed by atoms with van der Waals surface area (Å²) in [5.41, 5.74) is 1.77. The van der Waals surface area contributed by atoms with Crippen LogP contribution in [0.1, 0.15) is 36.9 Å². The Hall–Kier alpha value is -2.04. The maximum atomic E-state index is 10.3. The highest BCUT2D eigenvalue weighted by molar-refractivity contribution is 6.31. The average Bonchev–Trinajstić information content (AvgIpc) is 3.17. The summed E-state index contributed by atoms with van der Waals surface area (Å²) in [5, 5.41) is 11.1. The zero-order chi connectivity index (χ0) is 18.4. The van der Waals surface area contributed by atoms with E-state index >= 15 is 0 Å². The Bertz CT molecular complexity index is 757. The molecule has 0 aliphatic carbocycles. The first kappa shape index (κ1) is 18.7. The molecule has 1 atom stereocenters. The number of aromatic hydroxyl groups is 1. The number of phenols is 1. The first-order chi connectivity index (χ1) is 12.7.